The van der Waals surface area contributed by atoms with Crippen LogP contribution in [0.25, 0.3) is 56.6 Å². The zero-order valence-electron chi connectivity index (χ0n) is 17.7. The van der Waals surface area contributed by atoms with Crippen LogP contribution in [0.1, 0.15) is 22.3 Å². The lowest BCUT2D eigenvalue weighted by Gasteiger charge is -2.14. The van der Waals surface area contributed by atoms with E-state index in [1.165, 1.54) is 54.6 Å². The van der Waals surface area contributed by atoms with Gasteiger partial charge in [0, 0.05) is 0 Å². The normalized spacial score (nSPS) is 12.1. The van der Waals surface area contributed by atoms with Gasteiger partial charge in [-0.2, -0.15) is 0 Å². The molecule has 0 radical (unpaired) electrons. The second-order valence-corrected chi connectivity index (χ2v) is 8.22. The summed E-state index contributed by atoms with van der Waals surface area (Å²) in [5.41, 5.74) is 4.93. The van der Waals surface area contributed by atoms with Gasteiger partial charge in [0.05, 0.1) is 0 Å². The van der Waals surface area contributed by atoms with E-state index in [-0.39, 0.29) is 0 Å². The van der Waals surface area contributed by atoms with Crippen molar-refractivity contribution in [2.45, 2.75) is 0 Å². The van der Waals surface area contributed by atoms with Gasteiger partial charge in [-0.1, -0.05) is 133 Å². The van der Waals surface area contributed by atoms with E-state index in [9.17, 15) is 0 Å². The first kappa shape index (κ1) is 18.6. The highest BCUT2D eigenvalue weighted by Gasteiger charge is 2.11. The van der Waals surface area contributed by atoms with E-state index in [1.54, 1.807) is 0 Å². The molecule has 0 atom stereocenters. The molecular weight excluding hydrogens is 384 g/mol. The van der Waals surface area contributed by atoms with Crippen molar-refractivity contribution >= 4 is 56.6 Å². The standard InChI is InChI=1S/C32H22/c1-3-7-23(8-4-1)11-13-25-15-17-27-20-22-30-26(14-12-24-9-5-2-6-10-24)16-18-28-19-21-29(25)31(27)32(28)30/h1-22H. The molecule has 0 unspecified atom stereocenters. The lowest BCUT2D eigenvalue weighted by molar-refractivity contribution is 1.66. The first-order valence-electron chi connectivity index (χ1n) is 11.0. The van der Waals surface area contributed by atoms with Crippen molar-refractivity contribution in [1.82, 2.24) is 0 Å². The number of hydrogen-bond donors (Lipinski definition) is 0. The number of benzene rings is 6. The monoisotopic (exact) mass is 406 g/mol. The summed E-state index contributed by atoms with van der Waals surface area (Å²) in [6, 6.07) is 39.0. The first-order chi connectivity index (χ1) is 15.9. The highest BCUT2D eigenvalue weighted by atomic mass is 14.1. The molecule has 0 aromatic heterocycles. The minimum atomic E-state index is 1.21. The Bertz CT molecular complexity index is 1460. The van der Waals surface area contributed by atoms with Gasteiger partial charge in [0.15, 0.2) is 0 Å². The molecule has 0 aliphatic rings. The average molecular weight is 407 g/mol. The molecule has 0 saturated heterocycles. The van der Waals surface area contributed by atoms with Gasteiger partial charge >= 0.3 is 0 Å². The zero-order valence-corrected chi connectivity index (χ0v) is 17.7. The largest absolute Gasteiger partial charge is 0.0622 e. The maximum atomic E-state index is 2.27. The van der Waals surface area contributed by atoms with Gasteiger partial charge in [-0.15, -0.1) is 0 Å². The highest BCUT2D eigenvalue weighted by Crippen LogP contribution is 2.38. The first-order valence-corrected chi connectivity index (χ1v) is 11.0. The van der Waals surface area contributed by atoms with Gasteiger partial charge in [-0.25, -0.2) is 0 Å². The Morgan fingerprint density at radius 2 is 0.750 bits per heavy atom. The van der Waals surface area contributed by atoms with Gasteiger partial charge in [0.25, 0.3) is 0 Å². The van der Waals surface area contributed by atoms with Crippen LogP contribution < -0.4 is 0 Å². The SMILES string of the molecule is C(=Cc1ccc2ccc3c(C=Cc4ccccc4)ccc4ccc1c2c43)c1ccccc1. The molecule has 32 heavy (non-hydrogen) atoms. The molecule has 0 heterocycles. The molecule has 0 fully saturated rings. The summed E-state index contributed by atoms with van der Waals surface area (Å²) in [5, 5.41) is 7.89. The predicted octanol–water partition coefficient (Wildman–Crippen LogP) is 8.92. The van der Waals surface area contributed by atoms with Crippen LogP contribution in [0.3, 0.4) is 0 Å². The molecule has 150 valence electrons. The van der Waals surface area contributed by atoms with Gasteiger partial charge in [-0.05, 0) is 54.6 Å². The Morgan fingerprint density at radius 3 is 1.19 bits per heavy atom. The van der Waals surface area contributed by atoms with Crippen molar-refractivity contribution in [3.05, 3.63) is 131 Å². The molecule has 0 aliphatic heterocycles. The van der Waals surface area contributed by atoms with Crippen LogP contribution in [0.5, 0.6) is 0 Å². The molecule has 0 saturated carbocycles. The fourth-order valence-electron chi connectivity index (χ4n) is 4.64. The number of hydrogen-bond acceptors (Lipinski definition) is 0. The molecule has 0 heteroatoms. The van der Waals surface area contributed by atoms with Gasteiger partial charge < -0.3 is 0 Å². The summed E-state index contributed by atoms with van der Waals surface area (Å²) in [6.45, 7) is 0. The van der Waals surface area contributed by atoms with E-state index in [0.29, 0.717) is 0 Å². The van der Waals surface area contributed by atoms with Crippen molar-refractivity contribution in [2.75, 3.05) is 0 Å². The second-order valence-electron chi connectivity index (χ2n) is 8.22. The quantitative estimate of drug-likeness (QED) is 0.202. The second kappa shape index (κ2) is 7.83. The molecule has 0 nitrogen and oxygen atoms in total. The van der Waals surface area contributed by atoms with E-state index in [0.717, 1.165) is 0 Å². The molecule has 6 rings (SSSR count). The van der Waals surface area contributed by atoms with Gasteiger partial charge in [-0.3, -0.25) is 0 Å². The van der Waals surface area contributed by atoms with Crippen molar-refractivity contribution in [2.24, 2.45) is 0 Å². The third kappa shape index (κ3) is 3.27. The topological polar surface area (TPSA) is 0 Å². The summed E-state index contributed by atoms with van der Waals surface area (Å²) in [6.07, 6.45) is 8.86. The Balaban J connectivity index is 1.53. The van der Waals surface area contributed by atoms with E-state index in [1.807, 2.05) is 0 Å². The fourth-order valence-corrected chi connectivity index (χ4v) is 4.64. The predicted molar refractivity (Wildman–Crippen MR) is 141 cm³/mol. The fraction of sp³-hybridized carbons (Fsp3) is 0. The van der Waals surface area contributed by atoms with Crippen molar-refractivity contribution in [3.8, 4) is 0 Å². The molecule has 0 amide bonds. The van der Waals surface area contributed by atoms with Gasteiger partial charge in [0.2, 0.25) is 0 Å². The van der Waals surface area contributed by atoms with Crippen molar-refractivity contribution < 1.29 is 0 Å². The zero-order chi connectivity index (χ0) is 21.3. The lowest BCUT2D eigenvalue weighted by atomic mass is 9.89. The summed E-state index contributed by atoms with van der Waals surface area (Å²) in [5.74, 6) is 0. The number of rotatable bonds is 4. The Labute approximate surface area is 188 Å². The van der Waals surface area contributed by atoms with Crippen molar-refractivity contribution in [1.29, 1.82) is 0 Å². The van der Waals surface area contributed by atoms with Gasteiger partial charge in [0.1, 0.15) is 0 Å². The summed E-state index contributed by atoms with van der Waals surface area (Å²) in [7, 11) is 0. The lowest BCUT2D eigenvalue weighted by Crippen LogP contribution is -1.88. The summed E-state index contributed by atoms with van der Waals surface area (Å²) in [4.78, 5) is 0. The molecule has 0 N–H and O–H groups in total. The van der Waals surface area contributed by atoms with Crippen LogP contribution in [-0.2, 0) is 0 Å². The van der Waals surface area contributed by atoms with Crippen LogP contribution >= 0.6 is 0 Å². The average Bonchev–Trinajstić information content (AvgIpc) is 2.86. The van der Waals surface area contributed by atoms with E-state index < -0.39 is 0 Å². The van der Waals surface area contributed by atoms with Crippen LogP contribution in [0.2, 0.25) is 0 Å². The van der Waals surface area contributed by atoms with E-state index >= 15 is 0 Å². The van der Waals surface area contributed by atoms with E-state index in [2.05, 4.69) is 133 Å². The van der Waals surface area contributed by atoms with Crippen molar-refractivity contribution in [3.63, 3.8) is 0 Å². The van der Waals surface area contributed by atoms with E-state index in [4.69, 9.17) is 0 Å². The summed E-state index contributed by atoms with van der Waals surface area (Å²) >= 11 is 0. The Kier molecular flexibility index (Phi) is 4.55. The molecule has 0 aliphatic carbocycles. The Morgan fingerprint density at radius 1 is 0.344 bits per heavy atom. The molecular formula is C32H22. The van der Waals surface area contributed by atoms with Crippen LogP contribution in [-0.4, -0.2) is 0 Å². The molecule has 0 bridgehead atoms. The molecule has 6 aromatic rings. The maximum Gasteiger partial charge on any atom is -0.00206 e. The minimum absolute atomic E-state index is 1.21. The minimum Gasteiger partial charge on any atom is -0.0622 e. The Hall–Kier alpha value is -4.16. The van der Waals surface area contributed by atoms with Crippen LogP contribution in [0.15, 0.2) is 109 Å². The maximum absolute atomic E-state index is 2.27. The summed E-state index contributed by atoms with van der Waals surface area (Å²) < 4.78 is 0. The third-order valence-electron chi connectivity index (χ3n) is 6.24. The molecule has 6 aromatic carbocycles. The smallest absolute Gasteiger partial charge is 0.00206 e. The molecule has 0 spiro atoms. The van der Waals surface area contributed by atoms with Crippen LogP contribution in [0.4, 0.5) is 0 Å². The highest BCUT2D eigenvalue weighted by molar-refractivity contribution is 6.25. The third-order valence-corrected chi connectivity index (χ3v) is 6.24. The van der Waals surface area contributed by atoms with Crippen LogP contribution in [0, 0.1) is 0 Å².